The second-order valence-corrected chi connectivity index (χ2v) is 5.24. The van der Waals surface area contributed by atoms with Crippen LogP contribution in [0.15, 0.2) is 24.3 Å². The predicted molar refractivity (Wildman–Crippen MR) is 74.5 cm³/mol. The second-order valence-electron chi connectivity index (χ2n) is 5.24. The van der Waals surface area contributed by atoms with Gasteiger partial charge in [-0.15, -0.1) is 0 Å². The van der Waals surface area contributed by atoms with Gasteiger partial charge in [0.05, 0.1) is 6.04 Å². The number of hydrogen-bond acceptors (Lipinski definition) is 2. The molecule has 0 heterocycles. The average molecular weight is 246 g/mol. The minimum Gasteiger partial charge on any atom is -0.325 e. The maximum atomic E-state index is 11.6. The molecule has 0 bridgehead atoms. The normalized spacial score (nSPS) is 18.3. The van der Waals surface area contributed by atoms with Gasteiger partial charge in [-0.25, -0.2) is 0 Å². The van der Waals surface area contributed by atoms with Crippen LogP contribution < -0.4 is 11.1 Å². The van der Waals surface area contributed by atoms with Crippen LogP contribution in [0.3, 0.4) is 0 Å². The zero-order valence-electron chi connectivity index (χ0n) is 11.0. The Labute approximate surface area is 109 Å². The molecule has 1 amide bonds. The molecular weight excluding hydrogens is 224 g/mol. The molecular formula is C15H22N2O. The van der Waals surface area contributed by atoms with Crippen molar-refractivity contribution in [3.63, 3.8) is 0 Å². The number of nitrogens with one attached hydrogen (secondary N) is 1. The van der Waals surface area contributed by atoms with Crippen molar-refractivity contribution < 1.29 is 4.79 Å². The summed E-state index contributed by atoms with van der Waals surface area (Å²) in [6.45, 7) is 1.69. The Bertz CT molecular complexity index is 409. The van der Waals surface area contributed by atoms with Gasteiger partial charge in [-0.1, -0.05) is 31.4 Å². The lowest BCUT2D eigenvalue weighted by Gasteiger charge is -2.22. The highest BCUT2D eigenvalue weighted by Gasteiger charge is 2.16. The van der Waals surface area contributed by atoms with E-state index in [2.05, 4.69) is 17.4 Å². The molecule has 1 saturated carbocycles. The van der Waals surface area contributed by atoms with E-state index in [-0.39, 0.29) is 5.91 Å². The van der Waals surface area contributed by atoms with E-state index < -0.39 is 6.04 Å². The molecule has 98 valence electrons. The molecule has 0 aliphatic heterocycles. The van der Waals surface area contributed by atoms with Crippen molar-refractivity contribution in [1.29, 1.82) is 0 Å². The van der Waals surface area contributed by atoms with E-state index in [4.69, 9.17) is 5.73 Å². The number of carbonyl (C=O) groups excluding carboxylic acids is 1. The summed E-state index contributed by atoms with van der Waals surface area (Å²) in [5.41, 5.74) is 7.76. The van der Waals surface area contributed by atoms with E-state index in [1.807, 2.05) is 12.1 Å². The number of amides is 1. The van der Waals surface area contributed by atoms with E-state index >= 15 is 0 Å². The highest BCUT2D eigenvalue weighted by molar-refractivity contribution is 5.94. The zero-order chi connectivity index (χ0) is 13.0. The smallest absolute Gasteiger partial charge is 0.240 e. The number of anilines is 1. The highest BCUT2D eigenvalue weighted by Crippen LogP contribution is 2.33. The minimum atomic E-state index is -0.469. The van der Waals surface area contributed by atoms with E-state index in [0.717, 1.165) is 5.69 Å². The van der Waals surface area contributed by atoms with Gasteiger partial charge in [0, 0.05) is 5.69 Å². The van der Waals surface area contributed by atoms with Crippen LogP contribution in [-0.4, -0.2) is 11.9 Å². The molecule has 2 rings (SSSR count). The molecule has 1 atom stereocenters. The molecule has 18 heavy (non-hydrogen) atoms. The van der Waals surface area contributed by atoms with Gasteiger partial charge in [-0.3, -0.25) is 4.79 Å². The van der Waals surface area contributed by atoms with Crippen LogP contribution in [0.5, 0.6) is 0 Å². The maximum Gasteiger partial charge on any atom is 0.240 e. The van der Waals surface area contributed by atoms with E-state index in [0.29, 0.717) is 5.92 Å². The van der Waals surface area contributed by atoms with Crippen LogP contribution in [0.25, 0.3) is 0 Å². The molecule has 0 aromatic heterocycles. The Balaban J connectivity index is 2.07. The van der Waals surface area contributed by atoms with Crippen LogP contribution in [-0.2, 0) is 4.79 Å². The van der Waals surface area contributed by atoms with Crippen molar-refractivity contribution in [2.24, 2.45) is 5.73 Å². The summed E-state index contributed by atoms with van der Waals surface area (Å²) < 4.78 is 0. The Hall–Kier alpha value is -1.35. The average Bonchev–Trinajstić information content (AvgIpc) is 2.40. The predicted octanol–water partition coefficient (Wildman–Crippen LogP) is 3.02. The van der Waals surface area contributed by atoms with Gasteiger partial charge in [0.1, 0.15) is 0 Å². The molecule has 0 spiro atoms. The van der Waals surface area contributed by atoms with Crippen LogP contribution in [0.4, 0.5) is 5.69 Å². The van der Waals surface area contributed by atoms with Crippen molar-refractivity contribution in [3.8, 4) is 0 Å². The third kappa shape index (κ3) is 3.33. The number of nitrogens with two attached hydrogens (primary N) is 1. The fourth-order valence-electron chi connectivity index (χ4n) is 2.56. The topological polar surface area (TPSA) is 55.1 Å². The maximum absolute atomic E-state index is 11.6. The van der Waals surface area contributed by atoms with Crippen LogP contribution in [0.2, 0.25) is 0 Å². The van der Waals surface area contributed by atoms with Gasteiger partial charge < -0.3 is 11.1 Å². The standard InChI is InChI=1S/C15H22N2O/c1-11(16)15(18)17-14-9-5-8-13(10-14)12-6-3-2-4-7-12/h5,8-12H,2-4,6-7,16H2,1H3,(H,17,18). The summed E-state index contributed by atoms with van der Waals surface area (Å²) in [5.74, 6) is 0.529. The van der Waals surface area contributed by atoms with Crippen LogP contribution in [0.1, 0.15) is 50.5 Å². The van der Waals surface area contributed by atoms with Gasteiger partial charge in [0.2, 0.25) is 5.91 Å². The number of carbonyl (C=O) groups is 1. The van der Waals surface area contributed by atoms with E-state index in [9.17, 15) is 4.79 Å². The van der Waals surface area contributed by atoms with Crippen LogP contribution in [0, 0.1) is 0 Å². The van der Waals surface area contributed by atoms with E-state index in [1.165, 1.54) is 37.7 Å². The van der Waals surface area contributed by atoms with Crippen molar-refractivity contribution in [2.45, 2.75) is 51.0 Å². The molecule has 1 aromatic carbocycles. The fourth-order valence-corrected chi connectivity index (χ4v) is 2.56. The van der Waals surface area contributed by atoms with E-state index in [1.54, 1.807) is 6.92 Å². The number of rotatable bonds is 3. The molecule has 1 aliphatic rings. The first-order chi connectivity index (χ1) is 8.66. The number of benzene rings is 1. The molecule has 1 fully saturated rings. The second kappa shape index (κ2) is 6.01. The molecule has 1 unspecified atom stereocenters. The van der Waals surface area contributed by atoms with Crippen LogP contribution >= 0.6 is 0 Å². The zero-order valence-corrected chi connectivity index (χ0v) is 11.0. The first kappa shape index (κ1) is 13.1. The monoisotopic (exact) mass is 246 g/mol. The van der Waals surface area contributed by atoms with Gasteiger partial charge >= 0.3 is 0 Å². The van der Waals surface area contributed by atoms with Crippen molar-refractivity contribution >= 4 is 11.6 Å². The van der Waals surface area contributed by atoms with Gasteiger partial charge in [0.25, 0.3) is 0 Å². The molecule has 1 aliphatic carbocycles. The number of hydrogen-bond donors (Lipinski definition) is 2. The summed E-state index contributed by atoms with van der Waals surface area (Å²) in [4.78, 5) is 11.6. The summed E-state index contributed by atoms with van der Waals surface area (Å²) >= 11 is 0. The highest BCUT2D eigenvalue weighted by atomic mass is 16.2. The van der Waals surface area contributed by atoms with Gasteiger partial charge in [-0.05, 0) is 43.4 Å². The summed E-state index contributed by atoms with van der Waals surface area (Å²) in [5, 5.41) is 2.86. The molecule has 0 radical (unpaired) electrons. The van der Waals surface area contributed by atoms with Gasteiger partial charge in [0.15, 0.2) is 0 Å². The lowest BCUT2D eigenvalue weighted by atomic mass is 9.84. The summed E-state index contributed by atoms with van der Waals surface area (Å²) in [6.07, 6.45) is 6.54. The van der Waals surface area contributed by atoms with Gasteiger partial charge in [-0.2, -0.15) is 0 Å². The fraction of sp³-hybridized carbons (Fsp3) is 0.533. The summed E-state index contributed by atoms with van der Waals surface area (Å²) in [7, 11) is 0. The first-order valence-electron chi connectivity index (χ1n) is 6.83. The third-order valence-corrected chi connectivity index (χ3v) is 3.64. The molecule has 3 nitrogen and oxygen atoms in total. The molecule has 3 heteroatoms. The molecule has 1 aromatic rings. The Morgan fingerprint density at radius 2 is 2.06 bits per heavy atom. The largest absolute Gasteiger partial charge is 0.325 e. The minimum absolute atomic E-state index is 0.129. The first-order valence-corrected chi connectivity index (χ1v) is 6.83. The molecule has 3 N–H and O–H groups in total. The van der Waals surface area contributed by atoms with Crippen molar-refractivity contribution in [2.75, 3.05) is 5.32 Å². The SMILES string of the molecule is CC(N)C(=O)Nc1cccc(C2CCCCC2)c1. The quantitative estimate of drug-likeness (QED) is 0.861. The Morgan fingerprint density at radius 1 is 1.33 bits per heavy atom. The Kier molecular flexibility index (Phi) is 4.37. The van der Waals surface area contributed by atoms with Crippen molar-refractivity contribution in [1.82, 2.24) is 0 Å². The third-order valence-electron chi connectivity index (χ3n) is 3.64. The van der Waals surface area contributed by atoms with Crippen molar-refractivity contribution in [3.05, 3.63) is 29.8 Å². The molecule has 0 saturated heterocycles. The Morgan fingerprint density at radius 3 is 2.72 bits per heavy atom. The lowest BCUT2D eigenvalue weighted by molar-refractivity contribution is -0.117. The summed E-state index contributed by atoms with van der Waals surface area (Å²) in [6, 6.07) is 7.73. The lowest BCUT2D eigenvalue weighted by Crippen LogP contribution is -2.32.